The van der Waals surface area contributed by atoms with Crippen LogP contribution in [0.25, 0.3) is 5.65 Å². The second-order valence-electron chi connectivity index (χ2n) is 9.04. The van der Waals surface area contributed by atoms with E-state index in [2.05, 4.69) is 25.6 Å². The summed E-state index contributed by atoms with van der Waals surface area (Å²) in [5.74, 6) is -0.0199. The smallest absolute Gasteiger partial charge is 0.433 e. The maximum Gasteiger partial charge on any atom is 0.433 e. The highest BCUT2D eigenvalue weighted by Gasteiger charge is 2.52. The van der Waals surface area contributed by atoms with Gasteiger partial charge in [-0.05, 0) is 43.7 Å². The molecule has 1 aliphatic heterocycles. The summed E-state index contributed by atoms with van der Waals surface area (Å²) in [6.45, 7) is 3.11. The van der Waals surface area contributed by atoms with E-state index in [-0.39, 0.29) is 17.8 Å². The molecule has 35 heavy (non-hydrogen) atoms. The number of hydrogen-bond acceptors (Lipinski definition) is 8. The van der Waals surface area contributed by atoms with Gasteiger partial charge in [-0.3, -0.25) is 0 Å². The van der Waals surface area contributed by atoms with E-state index < -0.39 is 41.6 Å². The number of rotatable bonds is 5. The van der Waals surface area contributed by atoms with Crippen LogP contribution in [0.5, 0.6) is 5.75 Å². The molecule has 1 saturated heterocycles. The predicted octanol–water partition coefficient (Wildman–Crippen LogP) is 4.10. The van der Waals surface area contributed by atoms with Gasteiger partial charge in [0.2, 0.25) is 11.8 Å². The molecule has 0 spiro atoms. The van der Waals surface area contributed by atoms with E-state index in [1.54, 1.807) is 6.92 Å². The van der Waals surface area contributed by atoms with E-state index in [0.29, 0.717) is 35.6 Å². The van der Waals surface area contributed by atoms with Gasteiger partial charge in [-0.25, -0.2) is 4.52 Å². The van der Waals surface area contributed by atoms with Crippen LogP contribution in [0.3, 0.4) is 0 Å². The molecule has 2 bridgehead atoms. The lowest BCUT2D eigenvalue weighted by atomic mass is 9.78. The highest BCUT2D eigenvalue weighted by molar-refractivity contribution is 5.58. The molecule has 3 aromatic rings. The average Bonchev–Trinajstić information content (AvgIpc) is 3.38. The summed E-state index contributed by atoms with van der Waals surface area (Å²) in [5.41, 5.74) is -2.20. The Morgan fingerprint density at radius 3 is 2.37 bits per heavy atom. The fourth-order valence-corrected chi connectivity index (χ4v) is 5.00. The van der Waals surface area contributed by atoms with Crippen LogP contribution < -0.4 is 15.0 Å². The molecule has 0 amide bonds. The molecule has 190 valence electrons. The highest BCUT2D eigenvalue weighted by Crippen LogP contribution is 2.47. The number of anilines is 2. The molecule has 5 rings (SSSR count). The van der Waals surface area contributed by atoms with Gasteiger partial charge in [0.1, 0.15) is 5.69 Å². The first-order valence-corrected chi connectivity index (χ1v) is 10.8. The van der Waals surface area contributed by atoms with Crippen LogP contribution in [0.4, 0.5) is 38.3 Å². The Balaban J connectivity index is 1.45. The number of halogens is 6. The van der Waals surface area contributed by atoms with Crippen LogP contribution in [0, 0.1) is 18.8 Å². The first-order valence-electron chi connectivity index (χ1n) is 10.8. The van der Waals surface area contributed by atoms with Crippen LogP contribution >= 0.6 is 0 Å². The Morgan fingerprint density at radius 2 is 1.80 bits per heavy atom. The quantitative estimate of drug-likeness (QED) is 0.519. The van der Waals surface area contributed by atoms with Crippen molar-refractivity contribution in [2.24, 2.45) is 11.8 Å². The third kappa shape index (κ3) is 4.31. The molecule has 4 heterocycles. The minimum absolute atomic E-state index is 0.0584. The predicted molar refractivity (Wildman–Crippen MR) is 109 cm³/mol. The number of piperidine rings is 1. The molecule has 2 aliphatic rings. The number of hydrogen-bond donors (Lipinski definition) is 1. The number of aryl methyl sites for hydroxylation is 1. The van der Waals surface area contributed by atoms with Crippen LogP contribution in [0.2, 0.25) is 0 Å². The minimum atomic E-state index is -4.80. The van der Waals surface area contributed by atoms with E-state index in [0.717, 1.165) is 18.9 Å². The lowest BCUT2D eigenvalue weighted by molar-refractivity contribution is -0.153. The number of nitrogens with one attached hydrogen (secondary N) is 1. The number of ether oxygens (including phenoxy) is 1. The molecule has 3 atom stereocenters. The molecule has 1 unspecified atom stereocenters. The molecule has 9 nitrogen and oxygen atoms in total. The van der Waals surface area contributed by atoms with Gasteiger partial charge in [0.15, 0.2) is 18.0 Å². The maximum absolute atomic E-state index is 13.6. The fraction of sp³-hybridized carbons (Fsp3) is 0.600. The van der Waals surface area contributed by atoms with E-state index >= 15 is 0 Å². The van der Waals surface area contributed by atoms with E-state index in [1.165, 1.54) is 0 Å². The Kier molecular flexibility index (Phi) is 5.29. The van der Waals surface area contributed by atoms with E-state index in [1.807, 2.05) is 11.8 Å². The van der Waals surface area contributed by atoms with Crippen molar-refractivity contribution in [1.29, 1.82) is 0 Å². The molecule has 2 fully saturated rings. The number of pyridine rings is 1. The van der Waals surface area contributed by atoms with Gasteiger partial charge in [0.25, 0.3) is 0 Å². The Bertz CT molecular complexity index is 1220. The summed E-state index contributed by atoms with van der Waals surface area (Å²) in [6.07, 6.45) is -7.78. The number of fused-ring (bicyclic) bond motifs is 3. The standard InChI is InChI=1S/C20H21F6N7O2/c1-10-29-30-17(35-10)32-7-11-3-4-12(8-32)18(11,2)28-16-27-15-13(34-9-19(21,22)23)5-6-14(20(24,25)26)33(15)31-16/h5-6,11-12H,3-4,7-9H2,1-2H3,(H,28,31)/t11-,12+,18?. The third-order valence-corrected chi connectivity index (χ3v) is 6.74. The van der Waals surface area contributed by atoms with Gasteiger partial charge in [-0.15, -0.1) is 10.2 Å². The van der Waals surface area contributed by atoms with Crippen molar-refractivity contribution >= 4 is 17.6 Å². The third-order valence-electron chi connectivity index (χ3n) is 6.74. The zero-order chi connectivity index (χ0) is 25.2. The lowest BCUT2D eigenvalue weighted by Crippen LogP contribution is -2.56. The summed E-state index contributed by atoms with van der Waals surface area (Å²) in [5, 5.41) is 15.1. The maximum atomic E-state index is 13.6. The monoisotopic (exact) mass is 505 g/mol. The van der Waals surface area contributed by atoms with Crippen molar-refractivity contribution in [3.63, 3.8) is 0 Å². The second kappa shape index (κ2) is 7.88. The summed E-state index contributed by atoms with van der Waals surface area (Å²) < 4.78 is 89.3. The SMILES string of the molecule is Cc1nnc(N2C[C@H]3CC[C@@H](C2)C3(C)Nc2nc3c(OCC(F)(F)F)ccc(C(F)(F)F)n3n2)o1. The highest BCUT2D eigenvalue weighted by atomic mass is 19.4. The summed E-state index contributed by atoms with van der Waals surface area (Å²) in [7, 11) is 0. The minimum Gasteiger partial charge on any atom is -0.480 e. The average molecular weight is 505 g/mol. The van der Waals surface area contributed by atoms with Crippen LogP contribution in [0.1, 0.15) is 31.4 Å². The Hall–Kier alpha value is -3.26. The van der Waals surface area contributed by atoms with Crippen molar-refractivity contribution in [3.8, 4) is 5.75 Å². The van der Waals surface area contributed by atoms with Crippen LogP contribution in [0.15, 0.2) is 16.5 Å². The topological polar surface area (TPSA) is 93.6 Å². The molecular weight excluding hydrogens is 484 g/mol. The molecule has 15 heteroatoms. The molecule has 1 saturated carbocycles. The second-order valence-corrected chi connectivity index (χ2v) is 9.04. The van der Waals surface area contributed by atoms with Gasteiger partial charge in [0.05, 0.1) is 0 Å². The normalized spacial score (nSPS) is 24.9. The van der Waals surface area contributed by atoms with Crippen LogP contribution in [-0.4, -0.2) is 56.2 Å². The summed E-state index contributed by atoms with van der Waals surface area (Å²) >= 11 is 0. The van der Waals surface area contributed by atoms with Gasteiger partial charge in [0, 0.05) is 25.6 Å². The van der Waals surface area contributed by atoms with Crippen molar-refractivity contribution in [2.45, 2.75) is 44.6 Å². The molecule has 0 radical (unpaired) electrons. The summed E-state index contributed by atoms with van der Waals surface area (Å²) in [6, 6.07) is 1.85. The van der Waals surface area contributed by atoms with Gasteiger partial charge < -0.3 is 19.4 Å². The van der Waals surface area contributed by atoms with Gasteiger partial charge in [-0.2, -0.15) is 31.3 Å². The fourth-order valence-electron chi connectivity index (χ4n) is 5.00. The Labute approximate surface area is 194 Å². The number of alkyl halides is 6. The first-order chi connectivity index (χ1) is 16.3. The zero-order valence-electron chi connectivity index (χ0n) is 18.6. The van der Waals surface area contributed by atoms with E-state index in [9.17, 15) is 26.3 Å². The van der Waals surface area contributed by atoms with Crippen molar-refractivity contribution in [1.82, 2.24) is 24.8 Å². The zero-order valence-corrected chi connectivity index (χ0v) is 18.6. The lowest BCUT2D eigenvalue weighted by Gasteiger charge is -2.45. The Morgan fingerprint density at radius 1 is 1.11 bits per heavy atom. The molecule has 1 N–H and O–H groups in total. The van der Waals surface area contributed by atoms with Crippen molar-refractivity contribution < 1.29 is 35.5 Å². The van der Waals surface area contributed by atoms with Crippen LogP contribution in [-0.2, 0) is 6.18 Å². The van der Waals surface area contributed by atoms with Gasteiger partial charge >= 0.3 is 18.4 Å². The molecule has 0 aromatic carbocycles. The molecule has 1 aliphatic carbocycles. The first kappa shape index (κ1) is 23.5. The number of nitrogens with zero attached hydrogens (tertiary/aromatic N) is 6. The summed E-state index contributed by atoms with van der Waals surface area (Å²) in [4.78, 5) is 6.08. The molecular formula is C20H21F6N7O2. The van der Waals surface area contributed by atoms with Crippen molar-refractivity contribution in [3.05, 3.63) is 23.7 Å². The molecule has 3 aromatic heterocycles. The van der Waals surface area contributed by atoms with Crippen molar-refractivity contribution in [2.75, 3.05) is 29.9 Å². The number of aromatic nitrogens is 5. The van der Waals surface area contributed by atoms with E-state index in [4.69, 9.17) is 9.15 Å². The largest absolute Gasteiger partial charge is 0.480 e. The van der Waals surface area contributed by atoms with Gasteiger partial charge in [-0.1, -0.05) is 5.10 Å².